The molecule has 1 unspecified atom stereocenters. The fourth-order valence-corrected chi connectivity index (χ4v) is 6.86. The number of unbranched alkanes of at least 4 members (excludes halogenated alkanes) is 1. The molecule has 0 aromatic rings. The van der Waals surface area contributed by atoms with Crippen molar-refractivity contribution in [2.45, 2.75) is 129 Å². The highest BCUT2D eigenvalue weighted by molar-refractivity contribution is 7.99. The Bertz CT molecular complexity index is 830. The molecule has 5 atom stereocenters. The van der Waals surface area contributed by atoms with Crippen LogP contribution >= 0.6 is 19.6 Å². The first-order valence-electron chi connectivity index (χ1n) is 14.9. The van der Waals surface area contributed by atoms with Gasteiger partial charge in [-0.1, -0.05) is 40.5 Å². The summed E-state index contributed by atoms with van der Waals surface area (Å²) in [5, 5.41) is 10.7. The highest BCUT2D eigenvalue weighted by Crippen LogP contribution is 2.47. The molecule has 2 aliphatic rings. The van der Waals surface area contributed by atoms with E-state index >= 15 is 0 Å². The van der Waals surface area contributed by atoms with Gasteiger partial charge in [0.05, 0.1) is 43.6 Å². The molecule has 0 spiro atoms. The zero-order chi connectivity index (χ0) is 29.9. The summed E-state index contributed by atoms with van der Waals surface area (Å²) in [6.45, 7) is 12.9. The van der Waals surface area contributed by atoms with Crippen molar-refractivity contribution in [2.24, 2.45) is 5.92 Å². The summed E-state index contributed by atoms with van der Waals surface area (Å²) in [4.78, 5) is 39.5. The molecule has 10 nitrogen and oxygen atoms in total. The number of carbonyl (C=O) groups excluding carboxylic acids is 2. The number of amides is 2. The van der Waals surface area contributed by atoms with Crippen LogP contribution in [0.4, 0.5) is 0 Å². The number of hydrogen-bond donors (Lipinski definition) is 2. The summed E-state index contributed by atoms with van der Waals surface area (Å²) in [6, 6.07) is -0.735. The van der Waals surface area contributed by atoms with E-state index in [1.807, 2.05) is 25.6 Å². The van der Waals surface area contributed by atoms with Crippen LogP contribution in [-0.2, 0) is 27.9 Å². The first kappa shape index (κ1) is 35.5. The fraction of sp³-hybridized carbons (Fsp3) is 0.929. The lowest BCUT2D eigenvalue weighted by atomic mass is 10.1. The van der Waals surface area contributed by atoms with Gasteiger partial charge in [-0.15, -0.1) is 0 Å². The van der Waals surface area contributed by atoms with Crippen molar-refractivity contribution in [1.29, 1.82) is 0 Å². The zero-order valence-electron chi connectivity index (χ0n) is 25.3. The number of aliphatic hydroxyl groups excluding tert-OH is 1. The Morgan fingerprint density at radius 3 is 2.17 bits per heavy atom. The van der Waals surface area contributed by atoms with Gasteiger partial charge in [0.1, 0.15) is 0 Å². The lowest BCUT2D eigenvalue weighted by Gasteiger charge is -2.26. The number of phosphoric ester groups is 1. The monoisotopic (exact) mass is 608 g/mol. The molecule has 2 heterocycles. The van der Waals surface area contributed by atoms with Crippen LogP contribution in [0.15, 0.2) is 0 Å². The predicted octanol–water partition coefficient (Wildman–Crippen LogP) is 4.61. The molecule has 2 N–H and O–H groups in total. The van der Waals surface area contributed by atoms with Crippen LogP contribution in [0.1, 0.15) is 92.9 Å². The van der Waals surface area contributed by atoms with E-state index in [2.05, 4.69) is 27.7 Å². The third-order valence-electron chi connectivity index (χ3n) is 7.15. The largest absolute Gasteiger partial charge is 0.472 e. The molecule has 0 bridgehead atoms. The van der Waals surface area contributed by atoms with Gasteiger partial charge in [0.15, 0.2) is 0 Å². The Balaban J connectivity index is 1.90. The lowest BCUT2D eigenvalue weighted by Crippen LogP contribution is -2.39. The summed E-state index contributed by atoms with van der Waals surface area (Å²) in [5.74, 6) is 1.40. The van der Waals surface area contributed by atoms with Gasteiger partial charge in [-0.05, 0) is 56.5 Å². The second-order valence-electron chi connectivity index (χ2n) is 12.1. The molecule has 2 saturated heterocycles. The molecule has 40 heavy (non-hydrogen) atoms. The number of carbonyl (C=O) groups is 2. The van der Waals surface area contributed by atoms with E-state index in [-0.39, 0.29) is 50.1 Å². The van der Waals surface area contributed by atoms with E-state index in [4.69, 9.17) is 13.8 Å². The van der Waals surface area contributed by atoms with Crippen LogP contribution in [-0.4, -0.2) is 99.3 Å². The maximum absolute atomic E-state index is 13.0. The van der Waals surface area contributed by atoms with Crippen molar-refractivity contribution < 1.29 is 37.9 Å². The van der Waals surface area contributed by atoms with Crippen molar-refractivity contribution in [3.8, 4) is 0 Å². The highest BCUT2D eigenvalue weighted by atomic mass is 32.2. The maximum atomic E-state index is 13.0. The van der Waals surface area contributed by atoms with Crippen molar-refractivity contribution in [3.05, 3.63) is 0 Å². The van der Waals surface area contributed by atoms with Crippen LogP contribution in [0.3, 0.4) is 0 Å². The number of phosphoric acid groups is 1. The summed E-state index contributed by atoms with van der Waals surface area (Å²) in [5.41, 5.74) is 0. The second kappa shape index (κ2) is 17.4. The van der Waals surface area contributed by atoms with E-state index in [0.717, 1.165) is 31.4 Å². The minimum Gasteiger partial charge on any atom is -0.391 e. The minimum absolute atomic E-state index is 0.00531. The third kappa shape index (κ3) is 13.1. The quantitative estimate of drug-likeness (QED) is 0.169. The number of rotatable bonds is 18. The summed E-state index contributed by atoms with van der Waals surface area (Å²) in [7, 11) is -4.47. The number of β-amino-alcohol motifs (C(OH)–C–C–N with tert-alkyl or cyclic N) is 1. The van der Waals surface area contributed by atoms with Crippen molar-refractivity contribution in [3.63, 3.8) is 0 Å². The van der Waals surface area contributed by atoms with Gasteiger partial charge in [-0.3, -0.25) is 18.6 Å². The van der Waals surface area contributed by atoms with E-state index in [1.54, 1.807) is 9.80 Å². The molecule has 0 aromatic carbocycles. The molecule has 0 aliphatic carbocycles. The van der Waals surface area contributed by atoms with Gasteiger partial charge in [0.25, 0.3) is 0 Å². The number of likely N-dealkylation sites (tertiary alicyclic amines) is 2. The zero-order valence-corrected chi connectivity index (χ0v) is 27.0. The molecular formula is C28H53N2O8PS. The van der Waals surface area contributed by atoms with Crippen LogP contribution in [0, 0.1) is 5.92 Å². The molecule has 0 aromatic heterocycles. The summed E-state index contributed by atoms with van der Waals surface area (Å²) < 4.78 is 29.5. The standard InChI is InChI=1S/C28H53N2O8PS/c1-20(2)10-7-8-11-27(32)29-16-25(31)14-23(29)19-37-39(34,35)38-26-15-24(18-36-21(3)4)30(17-26)28(33)12-9-13-40-22(5)6/h20-26,31H,7-19H2,1-6H3,(H,34,35)/t23-,24-,25+,26+/m0/s1. The highest BCUT2D eigenvalue weighted by Gasteiger charge is 2.41. The van der Waals surface area contributed by atoms with Crippen molar-refractivity contribution >= 4 is 31.4 Å². The normalized spacial score (nSPS) is 25.0. The SMILES string of the molecule is CC(C)CCCCC(=O)N1C[C@H](O)C[C@H]1COP(=O)(O)O[C@@H]1C[C@@H](COC(C)C)N(C(=O)CCCSC(C)C)C1. The maximum Gasteiger partial charge on any atom is 0.472 e. The van der Waals surface area contributed by atoms with Crippen LogP contribution in [0.25, 0.3) is 0 Å². The number of nitrogens with zero attached hydrogens (tertiary/aromatic N) is 2. The van der Waals surface area contributed by atoms with Crippen LogP contribution in [0.2, 0.25) is 0 Å². The number of ether oxygens (including phenoxy) is 1. The Morgan fingerprint density at radius 2 is 1.55 bits per heavy atom. The van der Waals surface area contributed by atoms with Crippen molar-refractivity contribution in [2.75, 3.05) is 32.1 Å². The third-order valence-corrected chi connectivity index (χ3v) is 9.38. The smallest absolute Gasteiger partial charge is 0.391 e. The second-order valence-corrected chi connectivity index (χ2v) is 15.2. The molecule has 2 aliphatic heterocycles. The van der Waals surface area contributed by atoms with Gasteiger partial charge in [-0.25, -0.2) is 4.57 Å². The number of aliphatic hydroxyl groups is 1. The fourth-order valence-electron chi connectivity index (χ4n) is 5.13. The first-order valence-corrected chi connectivity index (χ1v) is 17.5. The molecule has 0 radical (unpaired) electrons. The molecule has 12 heteroatoms. The average molecular weight is 609 g/mol. The minimum atomic E-state index is -4.47. The Kier molecular flexibility index (Phi) is 15.5. The lowest BCUT2D eigenvalue weighted by molar-refractivity contribution is -0.134. The van der Waals surface area contributed by atoms with E-state index in [0.29, 0.717) is 37.0 Å². The molecule has 2 amide bonds. The van der Waals surface area contributed by atoms with E-state index < -0.39 is 26.1 Å². The van der Waals surface area contributed by atoms with Crippen LogP contribution in [0.5, 0.6) is 0 Å². The Labute approximate surface area is 245 Å². The summed E-state index contributed by atoms with van der Waals surface area (Å²) >= 11 is 1.82. The predicted molar refractivity (Wildman–Crippen MR) is 158 cm³/mol. The number of thioether (sulfide) groups is 1. The average Bonchev–Trinajstić information content (AvgIpc) is 3.43. The molecular weight excluding hydrogens is 555 g/mol. The molecule has 0 saturated carbocycles. The van der Waals surface area contributed by atoms with Gasteiger partial charge in [0, 0.05) is 25.9 Å². The van der Waals surface area contributed by atoms with Crippen LogP contribution < -0.4 is 0 Å². The topological polar surface area (TPSA) is 126 Å². The molecule has 2 rings (SSSR count). The Morgan fingerprint density at radius 1 is 0.925 bits per heavy atom. The van der Waals surface area contributed by atoms with Crippen molar-refractivity contribution in [1.82, 2.24) is 9.80 Å². The van der Waals surface area contributed by atoms with Gasteiger partial charge in [0.2, 0.25) is 11.8 Å². The van der Waals surface area contributed by atoms with E-state index in [9.17, 15) is 24.2 Å². The first-order chi connectivity index (χ1) is 18.8. The molecule has 2 fully saturated rings. The Hall–Kier alpha value is -0.680. The number of hydrogen-bond acceptors (Lipinski definition) is 8. The van der Waals surface area contributed by atoms with Gasteiger partial charge in [-0.2, -0.15) is 11.8 Å². The molecule has 234 valence electrons. The van der Waals surface area contributed by atoms with Gasteiger partial charge < -0.3 is 24.5 Å². The van der Waals surface area contributed by atoms with E-state index in [1.165, 1.54) is 0 Å². The van der Waals surface area contributed by atoms with Gasteiger partial charge >= 0.3 is 7.82 Å². The summed E-state index contributed by atoms with van der Waals surface area (Å²) in [6.07, 6.45) is 3.63.